The van der Waals surface area contributed by atoms with Crippen LogP contribution < -0.4 is 4.74 Å². The summed E-state index contributed by atoms with van der Waals surface area (Å²) in [6.07, 6.45) is 1.29. The van der Waals surface area contributed by atoms with Crippen molar-refractivity contribution in [2.75, 3.05) is 13.1 Å². The van der Waals surface area contributed by atoms with Gasteiger partial charge in [0.2, 0.25) is 5.88 Å². The predicted octanol–water partition coefficient (Wildman–Crippen LogP) is 1.81. The van der Waals surface area contributed by atoms with Crippen molar-refractivity contribution in [2.24, 2.45) is 5.92 Å². The number of carboxylic acids is 1. The van der Waals surface area contributed by atoms with Crippen molar-refractivity contribution in [1.82, 2.24) is 9.88 Å². The molecule has 1 unspecified atom stereocenters. The summed E-state index contributed by atoms with van der Waals surface area (Å²) in [5.74, 6) is -1.17. The molecule has 1 aliphatic rings. The molecule has 1 saturated heterocycles. The molecule has 0 radical (unpaired) electrons. The number of rotatable bonds is 4. The molecule has 2 rings (SSSR count). The van der Waals surface area contributed by atoms with Gasteiger partial charge >= 0.3 is 5.97 Å². The molecule has 1 aromatic rings. The Morgan fingerprint density at radius 1 is 1.43 bits per heavy atom. The molecular formula is C15H20N2O4. The number of carboxylic acid groups (broad SMARTS) is 1. The maximum atomic E-state index is 12.4. The highest BCUT2D eigenvalue weighted by molar-refractivity contribution is 5.92. The highest BCUT2D eigenvalue weighted by Crippen LogP contribution is 2.19. The zero-order valence-corrected chi connectivity index (χ0v) is 12.3. The third-order valence-corrected chi connectivity index (χ3v) is 3.36. The number of piperidine rings is 1. The Bertz CT molecular complexity index is 530. The van der Waals surface area contributed by atoms with E-state index in [9.17, 15) is 9.59 Å². The SMILES string of the molecule is CC(C)Oc1cccc(C(=O)N2CCCC(C(=O)O)C2)n1. The molecule has 2 heterocycles. The summed E-state index contributed by atoms with van der Waals surface area (Å²) in [7, 11) is 0. The van der Waals surface area contributed by atoms with Crippen molar-refractivity contribution < 1.29 is 19.4 Å². The van der Waals surface area contributed by atoms with Crippen LogP contribution in [0.2, 0.25) is 0 Å². The van der Waals surface area contributed by atoms with E-state index in [1.165, 1.54) is 0 Å². The second-order valence-electron chi connectivity index (χ2n) is 5.46. The van der Waals surface area contributed by atoms with E-state index >= 15 is 0 Å². The van der Waals surface area contributed by atoms with Gasteiger partial charge in [-0.15, -0.1) is 0 Å². The summed E-state index contributed by atoms with van der Waals surface area (Å²) in [6, 6.07) is 5.05. The van der Waals surface area contributed by atoms with E-state index in [0.29, 0.717) is 31.0 Å². The molecule has 1 aliphatic heterocycles. The average molecular weight is 292 g/mol. The number of hydrogen-bond donors (Lipinski definition) is 1. The number of aliphatic carboxylic acids is 1. The van der Waals surface area contributed by atoms with Gasteiger partial charge < -0.3 is 14.7 Å². The lowest BCUT2D eigenvalue weighted by Gasteiger charge is -2.30. The fourth-order valence-corrected chi connectivity index (χ4v) is 2.37. The fraction of sp³-hybridized carbons (Fsp3) is 0.533. The predicted molar refractivity (Wildman–Crippen MR) is 76.3 cm³/mol. The third kappa shape index (κ3) is 3.93. The first kappa shape index (κ1) is 15.3. The minimum atomic E-state index is -0.850. The standard InChI is InChI=1S/C15H20N2O4/c1-10(2)21-13-7-3-6-12(16-13)14(18)17-8-4-5-11(9-17)15(19)20/h3,6-7,10-11H,4-5,8-9H2,1-2H3,(H,19,20). The van der Waals surface area contributed by atoms with Gasteiger partial charge in [-0.25, -0.2) is 4.98 Å². The zero-order valence-electron chi connectivity index (χ0n) is 12.3. The molecule has 1 fully saturated rings. The Morgan fingerprint density at radius 3 is 2.86 bits per heavy atom. The van der Waals surface area contributed by atoms with Gasteiger partial charge in [-0.1, -0.05) is 6.07 Å². The number of carbonyl (C=O) groups excluding carboxylic acids is 1. The Morgan fingerprint density at radius 2 is 2.19 bits per heavy atom. The van der Waals surface area contributed by atoms with Crippen LogP contribution in [0, 0.1) is 5.92 Å². The average Bonchev–Trinajstić information content (AvgIpc) is 2.46. The Labute approximate surface area is 123 Å². The number of nitrogens with zero attached hydrogens (tertiary/aromatic N) is 2. The molecule has 1 N–H and O–H groups in total. The van der Waals surface area contributed by atoms with Crippen LogP contribution in [-0.4, -0.2) is 46.1 Å². The van der Waals surface area contributed by atoms with Crippen LogP contribution >= 0.6 is 0 Å². The highest BCUT2D eigenvalue weighted by atomic mass is 16.5. The van der Waals surface area contributed by atoms with Gasteiger partial charge in [0.1, 0.15) is 5.69 Å². The molecule has 1 amide bonds. The summed E-state index contributed by atoms with van der Waals surface area (Å²) >= 11 is 0. The van der Waals surface area contributed by atoms with E-state index < -0.39 is 11.9 Å². The van der Waals surface area contributed by atoms with Crippen molar-refractivity contribution in [3.63, 3.8) is 0 Å². The van der Waals surface area contributed by atoms with Gasteiger partial charge in [0.15, 0.2) is 0 Å². The third-order valence-electron chi connectivity index (χ3n) is 3.36. The number of carbonyl (C=O) groups is 2. The number of likely N-dealkylation sites (tertiary alicyclic amines) is 1. The highest BCUT2D eigenvalue weighted by Gasteiger charge is 2.29. The normalized spacial score (nSPS) is 18.6. The molecular weight excluding hydrogens is 272 g/mol. The molecule has 1 aromatic heterocycles. The number of amides is 1. The number of hydrogen-bond acceptors (Lipinski definition) is 4. The van der Waals surface area contributed by atoms with Gasteiger partial charge in [0.25, 0.3) is 5.91 Å². The van der Waals surface area contributed by atoms with E-state index in [0.717, 1.165) is 0 Å². The van der Waals surface area contributed by atoms with Gasteiger partial charge in [-0.3, -0.25) is 9.59 Å². The molecule has 21 heavy (non-hydrogen) atoms. The minimum absolute atomic E-state index is 0.0192. The summed E-state index contributed by atoms with van der Waals surface area (Å²) in [6.45, 7) is 4.58. The van der Waals surface area contributed by atoms with Gasteiger partial charge in [-0.05, 0) is 32.8 Å². The Balaban J connectivity index is 2.10. The Kier molecular flexibility index (Phi) is 4.77. The lowest BCUT2D eigenvalue weighted by atomic mass is 9.98. The monoisotopic (exact) mass is 292 g/mol. The maximum Gasteiger partial charge on any atom is 0.308 e. The van der Waals surface area contributed by atoms with Crippen LogP contribution in [-0.2, 0) is 4.79 Å². The van der Waals surface area contributed by atoms with E-state index in [-0.39, 0.29) is 18.6 Å². The molecule has 6 nitrogen and oxygen atoms in total. The van der Waals surface area contributed by atoms with Crippen LogP contribution in [0.15, 0.2) is 18.2 Å². The molecule has 0 aromatic carbocycles. The molecule has 1 atom stereocenters. The van der Waals surface area contributed by atoms with E-state index in [1.807, 2.05) is 13.8 Å². The molecule has 114 valence electrons. The molecule has 6 heteroatoms. The summed E-state index contributed by atoms with van der Waals surface area (Å²) in [4.78, 5) is 29.2. The smallest absolute Gasteiger partial charge is 0.308 e. The quantitative estimate of drug-likeness (QED) is 0.915. The van der Waals surface area contributed by atoms with Gasteiger partial charge in [0.05, 0.1) is 12.0 Å². The summed E-state index contributed by atoms with van der Waals surface area (Å²) in [5.41, 5.74) is 0.291. The second-order valence-corrected chi connectivity index (χ2v) is 5.46. The van der Waals surface area contributed by atoms with E-state index in [1.54, 1.807) is 23.1 Å². The van der Waals surface area contributed by atoms with Crippen molar-refractivity contribution in [3.8, 4) is 5.88 Å². The lowest BCUT2D eigenvalue weighted by molar-refractivity contribution is -0.143. The van der Waals surface area contributed by atoms with Crippen molar-refractivity contribution in [3.05, 3.63) is 23.9 Å². The number of pyridine rings is 1. The summed E-state index contributed by atoms with van der Waals surface area (Å²) < 4.78 is 5.48. The minimum Gasteiger partial charge on any atom is -0.481 e. The number of aromatic nitrogens is 1. The van der Waals surface area contributed by atoms with Crippen LogP contribution in [0.4, 0.5) is 0 Å². The van der Waals surface area contributed by atoms with Crippen molar-refractivity contribution >= 4 is 11.9 Å². The maximum absolute atomic E-state index is 12.4. The molecule has 0 bridgehead atoms. The van der Waals surface area contributed by atoms with E-state index in [2.05, 4.69) is 4.98 Å². The first-order valence-electron chi connectivity index (χ1n) is 7.13. The van der Waals surface area contributed by atoms with Crippen LogP contribution in [0.3, 0.4) is 0 Å². The lowest BCUT2D eigenvalue weighted by Crippen LogP contribution is -2.42. The largest absolute Gasteiger partial charge is 0.481 e. The number of ether oxygens (including phenoxy) is 1. The second kappa shape index (κ2) is 6.56. The van der Waals surface area contributed by atoms with Crippen LogP contribution in [0.25, 0.3) is 0 Å². The zero-order chi connectivity index (χ0) is 15.4. The van der Waals surface area contributed by atoms with E-state index in [4.69, 9.17) is 9.84 Å². The first-order valence-corrected chi connectivity index (χ1v) is 7.13. The summed E-state index contributed by atoms with van der Waals surface area (Å²) in [5, 5.41) is 9.08. The molecule has 0 saturated carbocycles. The van der Waals surface area contributed by atoms with Gasteiger partial charge in [0, 0.05) is 19.2 Å². The topological polar surface area (TPSA) is 79.7 Å². The van der Waals surface area contributed by atoms with Crippen molar-refractivity contribution in [2.45, 2.75) is 32.8 Å². The first-order chi connectivity index (χ1) is 9.97. The van der Waals surface area contributed by atoms with Crippen LogP contribution in [0.5, 0.6) is 5.88 Å². The van der Waals surface area contributed by atoms with Crippen molar-refractivity contribution in [1.29, 1.82) is 0 Å². The van der Waals surface area contributed by atoms with Crippen LogP contribution in [0.1, 0.15) is 37.2 Å². The Hall–Kier alpha value is -2.11. The molecule has 0 spiro atoms. The fourth-order valence-electron chi connectivity index (χ4n) is 2.37. The molecule has 0 aliphatic carbocycles. The van der Waals surface area contributed by atoms with Gasteiger partial charge in [-0.2, -0.15) is 0 Å².